The molecule has 0 aliphatic heterocycles. The first-order valence-electron chi connectivity index (χ1n) is 5.69. The van der Waals surface area contributed by atoms with E-state index in [2.05, 4.69) is 36.5 Å². The zero-order valence-electron chi connectivity index (χ0n) is 9.66. The van der Waals surface area contributed by atoms with E-state index in [1.165, 1.54) is 11.1 Å². The quantitative estimate of drug-likeness (QED) is 0.700. The summed E-state index contributed by atoms with van der Waals surface area (Å²) in [4.78, 5) is 0. The number of hydrogen-bond acceptors (Lipinski definition) is 2. The Morgan fingerprint density at radius 2 is 1.80 bits per heavy atom. The maximum atomic E-state index is 9.08. The van der Waals surface area contributed by atoms with Gasteiger partial charge in [0.15, 0.2) is 0 Å². The van der Waals surface area contributed by atoms with Gasteiger partial charge in [-0.3, -0.25) is 0 Å². The summed E-state index contributed by atoms with van der Waals surface area (Å²) in [5.74, 6) is 0. The van der Waals surface area contributed by atoms with Crippen LogP contribution in [0.4, 0.5) is 0 Å². The van der Waals surface area contributed by atoms with Crippen LogP contribution in [-0.2, 0) is 13.0 Å². The van der Waals surface area contributed by atoms with Crippen molar-refractivity contribution in [3.8, 4) is 0 Å². The Bertz CT molecular complexity index is 266. The van der Waals surface area contributed by atoms with Crippen molar-refractivity contribution >= 4 is 0 Å². The molecule has 15 heavy (non-hydrogen) atoms. The Morgan fingerprint density at radius 1 is 1.20 bits per heavy atom. The van der Waals surface area contributed by atoms with E-state index in [0.717, 1.165) is 25.9 Å². The van der Waals surface area contributed by atoms with Crippen LogP contribution in [0.15, 0.2) is 24.3 Å². The number of aryl methyl sites for hydroxylation is 1. The Balaban J connectivity index is 2.25. The molecule has 0 unspecified atom stereocenters. The fraction of sp³-hybridized carbons (Fsp3) is 0.538. The maximum absolute atomic E-state index is 9.08. The molecule has 1 aromatic rings. The predicted octanol–water partition coefficient (Wildman–Crippen LogP) is 2.11. The van der Waals surface area contributed by atoms with E-state index < -0.39 is 0 Å². The Kier molecular flexibility index (Phi) is 5.37. The maximum Gasteiger partial charge on any atom is 0.0524 e. The van der Waals surface area contributed by atoms with Crippen molar-refractivity contribution in [3.63, 3.8) is 0 Å². The van der Waals surface area contributed by atoms with Gasteiger partial charge in [-0.1, -0.05) is 31.2 Å². The number of benzene rings is 1. The van der Waals surface area contributed by atoms with Gasteiger partial charge in [-0.2, -0.15) is 0 Å². The van der Waals surface area contributed by atoms with Crippen molar-refractivity contribution < 1.29 is 5.11 Å². The molecule has 0 radical (unpaired) electrons. The van der Waals surface area contributed by atoms with Crippen molar-refractivity contribution in [2.75, 3.05) is 6.54 Å². The van der Waals surface area contributed by atoms with Gasteiger partial charge in [0.25, 0.3) is 0 Å². The minimum absolute atomic E-state index is 0.208. The van der Waals surface area contributed by atoms with Crippen molar-refractivity contribution in [1.29, 1.82) is 0 Å². The van der Waals surface area contributed by atoms with Crippen LogP contribution in [0.1, 0.15) is 31.4 Å². The zero-order valence-corrected chi connectivity index (χ0v) is 9.66. The first-order valence-corrected chi connectivity index (χ1v) is 5.69. The van der Waals surface area contributed by atoms with Gasteiger partial charge in [-0.05, 0) is 37.4 Å². The van der Waals surface area contributed by atoms with Crippen molar-refractivity contribution in [2.24, 2.45) is 0 Å². The SMILES string of the molecule is CCc1ccc(CNCC[C@@H](C)O)cc1. The van der Waals surface area contributed by atoms with E-state index in [1.807, 2.05) is 6.92 Å². The molecule has 0 bridgehead atoms. The average Bonchev–Trinajstić information content (AvgIpc) is 2.25. The summed E-state index contributed by atoms with van der Waals surface area (Å²) in [6.45, 7) is 5.73. The zero-order chi connectivity index (χ0) is 11.1. The number of aliphatic hydroxyl groups is 1. The minimum Gasteiger partial charge on any atom is -0.393 e. The van der Waals surface area contributed by atoms with Crippen LogP contribution in [0.5, 0.6) is 0 Å². The van der Waals surface area contributed by atoms with Gasteiger partial charge in [0, 0.05) is 6.54 Å². The molecule has 2 N–H and O–H groups in total. The van der Waals surface area contributed by atoms with Crippen LogP contribution >= 0.6 is 0 Å². The van der Waals surface area contributed by atoms with E-state index in [1.54, 1.807) is 0 Å². The molecular formula is C13H21NO. The van der Waals surface area contributed by atoms with Crippen molar-refractivity contribution in [3.05, 3.63) is 35.4 Å². The van der Waals surface area contributed by atoms with Crippen LogP contribution in [0, 0.1) is 0 Å². The Labute approximate surface area is 92.3 Å². The summed E-state index contributed by atoms with van der Waals surface area (Å²) in [6, 6.07) is 8.67. The lowest BCUT2D eigenvalue weighted by Crippen LogP contribution is -2.18. The van der Waals surface area contributed by atoms with Gasteiger partial charge in [0.05, 0.1) is 6.10 Å². The van der Waals surface area contributed by atoms with Gasteiger partial charge >= 0.3 is 0 Å². The summed E-state index contributed by atoms with van der Waals surface area (Å²) >= 11 is 0. The molecule has 2 nitrogen and oxygen atoms in total. The fourth-order valence-corrected chi connectivity index (χ4v) is 1.44. The normalized spacial score (nSPS) is 12.7. The van der Waals surface area contributed by atoms with Crippen LogP contribution in [0.2, 0.25) is 0 Å². The van der Waals surface area contributed by atoms with Gasteiger partial charge in [0.1, 0.15) is 0 Å². The lowest BCUT2D eigenvalue weighted by Gasteiger charge is -2.07. The van der Waals surface area contributed by atoms with E-state index in [9.17, 15) is 0 Å². The van der Waals surface area contributed by atoms with E-state index in [4.69, 9.17) is 5.11 Å². The Morgan fingerprint density at radius 3 is 2.33 bits per heavy atom. The summed E-state index contributed by atoms with van der Waals surface area (Å²) in [6.07, 6.45) is 1.70. The summed E-state index contributed by atoms with van der Waals surface area (Å²) in [5, 5.41) is 12.4. The van der Waals surface area contributed by atoms with Crippen LogP contribution in [0.25, 0.3) is 0 Å². The molecule has 0 fully saturated rings. The summed E-state index contributed by atoms with van der Waals surface area (Å²) < 4.78 is 0. The van der Waals surface area contributed by atoms with Crippen LogP contribution in [0.3, 0.4) is 0 Å². The monoisotopic (exact) mass is 207 g/mol. The Hall–Kier alpha value is -0.860. The molecule has 84 valence electrons. The fourth-order valence-electron chi connectivity index (χ4n) is 1.44. The topological polar surface area (TPSA) is 32.3 Å². The number of aliphatic hydroxyl groups excluding tert-OH is 1. The third-order valence-corrected chi connectivity index (χ3v) is 2.50. The first-order chi connectivity index (χ1) is 7.22. The van der Waals surface area contributed by atoms with Crippen LogP contribution < -0.4 is 5.32 Å². The summed E-state index contributed by atoms with van der Waals surface area (Å²) in [7, 11) is 0. The van der Waals surface area contributed by atoms with E-state index >= 15 is 0 Å². The van der Waals surface area contributed by atoms with Crippen molar-refractivity contribution in [1.82, 2.24) is 5.32 Å². The first kappa shape index (κ1) is 12.2. The lowest BCUT2D eigenvalue weighted by molar-refractivity contribution is 0.183. The number of nitrogens with one attached hydrogen (secondary N) is 1. The smallest absolute Gasteiger partial charge is 0.0524 e. The highest BCUT2D eigenvalue weighted by Gasteiger charge is 1.96. The second-order valence-electron chi connectivity index (χ2n) is 3.98. The molecular weight excluding hydrogens is 186 g/mol. The minimum atomic E-state index is -0.208. The third kappa shape index (κ3) is 4.96. The van der Waals surface area contributed by atoms with Crippen LogP contribution in [-0.4, -0.2) is 17.8 Å². The third-order valence-electron chi connectivity index (χ3n) is 2.50. The van der Waals surface area contributed by atoms with Gasteiger partial charge in [-0.25, -0.2) is 0 Å². The molecule has 1 aromatic carbocycles. The number of hydrogen-bond donors (Lipinski definition) is 2. The highest BCUT2D eigenvalue weighted by atomic mass is 16.3. The molecule has 0 amide bonds. The highest BCUT2D eigenvalue weighted by Crippen LogP contribution is 2.04. The van der Waals surface area contributed by atoms with E-state index in [-0.39, 0.29) is 6.10 Å². The van der Waals surface area contributed by atoms with Crippen molar-refractivity contribution in [2.45, 2.75) is 39.3 Å². The van der Waals surface area contributed by atoms with Gasteiger partial charge < -0.3 is 10.4 Å². The molecule has 1 atom stereocenters. The largest absolute Gasteiger partial charge is 0.393 e. The average molecular weight is 207 g/mol. The molecule has 0 aliphatic rings. The molecule has 0 spiro atoms. The van der Waals surface area contributed by atoms with Gasteiger partial charge in [0.2, 0.25) is 0 Å². The van der Waals surface area contributed by atoms with Gasteiger partial charge in [-0.15, -0.1) is 0 Å². The standard InChI is InChI=1S/C13H21NO/c1-3-12-4-6-13(7-5-12)10-14-9-8-11(2)15/h4-7,11,14-15H,3,8-10H2,1-2H3/t11-/m1/s1. The lowest BCUT2D eigenvalue weighted by atomic mass is 10.1. The predicted molar refractivity (Wildman–Crippen MR) is 63.8 cm³/mol. The second kappa shape index (κ2) is 6.59. The molecule has 1 rings (SSSR count). The second-order valence-corrected chi connectivity index (χ2v) is 3.98. The van der Waals surface area contributed by atoms with E-state index in [0.29, 0.717) is 0 Å². The molecule has 0 saturated heterocycles. The molecule has 0 saturated carbocycles. The molecule has 0 aromatic heterocycles. The summed E-state index contributed by atoms with van der Waals surface area (Å²) in [5.41, 5.74) is 2.68. The molecule has 2 heteroatoms. The highest BCUT2D eigenvalue weighted by molar-refractivity contribution is 5.22. The molecule has 0 heterocycles. The number of rotatable bonds is 6. The molecule has 0 aliphatic carbocycles.